The summed E-state index contributed by atoms with van der Waals surface area (Å²) < 4.78 is 0. The Balaban J connectivity index is 2.92. The van der Waals surface area contributed by atoms with Gasteiger partial charge in [-0.3, -0.25) is 5.10 Å². The first-order valence-electron chi connectivity index (χ1n) is 2.23. The minimum atomic E-state index is -0.0775. The van der Waals surface area contributed by atoms with Crippen LogP contribution >= 0.6 is 0 Å². The van der Waals surface area contributed by atoms with Gasteiger partial charge in [-0.05, 0) is 0 Å². The molecule has 44 valence electrons. The molecule has 4 heteroatoms. The monoisotopic (exact) mass is 113 g/mol. The van der Waals surface area contributed by atoms with Gasteiger partial charge in [0.1, 0.15) is 0 Å². The number of nitrogen functional groups attached to an aromatic ring is 1. The lowest BCUT2D eigenvalue weighted by molar-refractivity contribution is 0.277. The Labute approximate surface area is 46.3 Å². The molecule has 0 spiro atoms. The summed E-state index contributed by atoms with van der Waals surface area (Å²) >= 11 is 0. The zero-order valence-corrected chi connectivity index (χ0v) is 4.26. The number of aliphatic hydroxyl groups excluding tert-OH is 1. The van der Waals surface area contributed by atoms with Crippen molar-refractivity contribution in [1.82, 2.24) is 10.2 Å². The maximum absolute atomic E-state index is 8.46. The van der Waals surface area contributed by atoms with Crippen LogP contribution in [0.25, 0.3) is 0 Å². The fourth-order valence-electron chi connectivity index (χ4n) is 0.449. The van der Waals surface area contributed by atoms with Gasteiger partial charge in [-0.25, -0.2) is 0 Å². The van der Waals surface area contributed by atoms with Crippen LogP contribution in [0.15, 0.2) is 6.20 Å². The zero-order valence-electron chi connectivity index (χ0n) is 4.26. The third-order valence-corrected chi connectivity index (χ3v) is 0.910. The second-order valence-corrected chi connectivity index (χ2v) is 1.46. The predicted molar refractivity (Wildman–Crippen MR) is 28.9 cm³/mol. The van der Waals surface area contributed by atoms with E-state index < -0.39 is 0 Å². The number of anilines is 1. The quantitative estimate of drug-likeness (QED) is 0.459. The summed E-state index contributed by atoms with van der Waals surface area (Å²) in [6.07, 6.45) is 1.46. The zero-order chi connectivity index (χ0) is 5.98. The van der Waals surface area contributed by atoms with Gasteiger partial charge in [-0.2, -0.15) is 5.10 Å². The number of nitrogens with two attached hydrogens (primary N) is 1. The molecule has 0 aromatic carbocycles. The molecule has 0 radical (unpaired) electrons. The number of hydrogen-bond donors (Lipinski definition) is 3. The van der Waals surface area contributed by atoms with E-state index in [2.05, 4.69) is 10.2 Å². The van der Waals surface area contributed by atoms with Gasteiger partial charge < -0.3 is 10.8 Å². The Morgan fingerprint density at radius 3 is 2.88 bits per heavy atom. The van der Waals surface area contributed by atoms with Gasteiger partial charge in [0.05, 0.1) is 24.2 Å². The molecule has 4 N–H and O–H groups in total. The van der Waals surface area contributed by atoms with Crippen molar-refractivity contribution in [2.45, 2.75) is 6.61 Å². The summed E-state index contributed by atoms with van der Waals surface area (Å²) in [5, 5.41) is 14.6. The lowest BCUT2D eigenvalue weighted by Crippen LogP contribution is -1.89. The highest BCUT2D eigenvalue weighted by Gasteiger charge is 1.95. The van der Waals surface area contributed by atoms with Crippen LogP contribution in [0.4, 0.5) is 5.69 Å². The topological polar surface area (TPSA) is 74.9 Å². The standard InChI is InChI=1S/C4H7N3O/c5-3-1-6-7-4(3)2-8/h1,8H,2,5H2,(H,6,7). The first-order valence-corrected chi connectivity index (χ1v) is 2.23. The molecular weight excluding hydrogens is 106 g/mol. The van der Waals surface area contributed by atoms with Crippen molar-refractivity contribution in [3.05, 3.63) is 11.9 Å². The molecule has 0 amide bonds. The molecule has 1 aromatic heterocycles. The van der Waals surface area contributed by atoms with Crippen molar-refractivity contribution in [3.8, 4) is 0 Å². The first-order chi connectivity index (χ1) is 3.84. The molecule has 8 heavy (non-hydrogen) atoms. The molecule has 0 bridgehead atoms. The predicted octanol–water partition coefficient (Wildman–Crippen LogP) is -0.516. The minimum Gasteiger partial charge on any atom is -0.396 e. The van der Waals surface area contributed by atoms with Crippen molar-refractivity contribution >= 4 is 5.69 Å². The number of aromatic nitrogens is 2. The molecule has 0 atom stereocenters. The highest BCUT2D eigenvalue weighted by atomic mass is 16.3. The van der Waals surface area contributed by atoms with Crippen LogP contribution in [0.2, 0.25) is 0 Å². The number of aliphatic hydroxyl groups is 1. The van der Waals surface area contributed by atoms with Crippen LogP contribution in [-0.4, -0.2) is 15.3 Å². The van der Waals surface area contributed by atoms with Crippen LogP contribution in [0.5, 0.6) is 0 Å². The molecule has 0 fully saturated rings. The fraction of sp³-hybridized carbons (Fsp3) is 0.250. The Morgan fingerprint density at radius 2 is 2.62 bits per heavy atom. The number of rotatable bonds is 1. The number of nitrogens with zero attached hydrogens (tertiary/aromatic N) is 1. The van der Waals surface area contributed by atoms with E-state index in [1.54, 1.807) is 0 Å². The normalized spacial score (nSPS) is 9.62. The summed E-state index contributed by atoms with van der Waals surface area (Å²) in [7, 11) is 0. The summed E-state index contributed by atoms with van der Waals surface area (Å²) in [5.74, 6) is 0. The highest BCUT2D eigenvalue weighted by molar-refractivity contribution is 5.39. The first kappa shape index (κ1) is 5.11. The van der Waals surface area contributed by atoms with E-state index in [9.17, 15) is 0 Å². The molecular formula is C4H7N3O. The smallest absolute Gasteiger partial charge is 0.0868 e. The van der Waals surface area contributed by atoms with Crippen LogP contribution in [0, 0.1) is 0 Å². The summed E-state index contributed by atoms with van der Waals surface area (Å²) in [6, 6.07) is 0. The minimum absolute atomic E-state index is 0.0775. The average Bonchev–Trinajstić information content (AvgIpc) is 2.14. The van der Waals surface area contributed by atoms with Gasteiger partial charge in [-0.15, -0.1) is 0 Å². The molecule has 4 nitrogen and oxygen atoms in total. The third-order valence-electron chi connectivity index (χ3n) is 0.910. The number of hydrogen-bond acceptors (Lipinski definition) is 3. The van der Waals surface area contributed by atoms with Crippen molar-refractivity contribution < 1.29 is 5.11 Å². The van der Waals surface area contributed by atoms with E-state index in [1.807, 2.05) is 0 Å². The lowest BCUT2D eigenvalue weighted by atomic mass is 10.4. The molecule has 1 aromatic rings. The number of H-pyrrole nitrogens is 1. The average molecular weight is 113 g/mol. The van der Waals surface area contributed by atoms with E-state index in [4.69, 9.17) is 10.8 Å². The summed E-state index contributed by atoms with van der Waals surface area (Å²) in [6.45, 7) is -0.0775. The van der Waals surface area contributed by atoms with E-state index in [0.29, 0.717) is 11.4 Å². The molecule has 1 heterocycles. The van der Waals surface area contributed by atoms with Crippen molar-refractivity contribution in [2.24, 2.45) is 0 Å². The van der Waals surface area contributed by atoms with E-state index in [-0.39, 0.29) is 6.61 Å². The lowest BCUT2D eigenvalue weighted by Gasteiger charge is -1.86. The Bertz CT molecular complexity index is 172. The van der Waals surface area contributed by atoms with Crippen molar-refractivity contribution in [2.75, 3.05) is 5.73 Å². The van der Waals surface area contributed by atoms with Crippen LogP contribution in [0.3, 0.4) is 0 Å². The van der Waals surface area contributed by atoms with Gasteiger partial charge in [0.15, 0.2) is 0 Å². The van der Waals surface area contributed by atoms with Gasteiger partial charge in [0.2, 0.25) is 0 Å². The fourth-order valence-corrected chi connectivity index (χ4v) is 0.449. The molecule has 0 aliphatic heterocycles. The molecule has 1 rings (SSSR count). The number of nitrogens with one attached hydrogen (secondary N) is 1. The maximum Gasteiger partial charge on any atom is 0.0868 e. The van der Waals surface area contributed by atoms with E-state index >= 15 is 0 Å². The second kappa shape index (κ2) is 1.83. The number of aromatic amines is 1. The van der Waals surface area contributed by atoms with Crippen molar-refractivity contribution in [1.29, 1.82) is 0 Å². The molecule has 0 aliphatic carbocycles. The SMILES string of the molecule is Nc1cn[nH]c1CO. The molecule has 0 saturated carbocycles. The van der Waals surface area contributed by atoms with Gasteiger partial charge in [0.25, 0.3) is 0 Å². The van der Waals surface area contributed by atoms with Crippen LogP contribution < -0.4 is 5.73 Å². The second-order valence-electron chi connectivity index (χ2n) is 1.46. The Morgan fingerprint density at radius 1 is 1.88 bits per heavy atom. The highest BCUT2D eigenvalue weighted by Crippen LogP contribution is 2.03. The Kier molecular flexibility index (Phi) is 1.17. The third kappa shape index (κ3) is 0.651. The van der Waals surface area contributed by atoms with Crippen LogP contribution in [-0.2, 0) is 6.61 Å². The largest absolute Gasteiger partial charge is 0.396 e. The molecule has 0 saturated heterocycles. The van der Waals surface area contributed by atoms with E-state index in [1.165, 1.54) is 6.20 Å². The van der Waals surface area contributed by atoms with E-state index in [0.717, 1.165) is 0 Å². The van der Waals surface area contributed by atoms with Gasteiger partial charge in [0, 0.05) is 0 Å². The van der Waals surface area contributed by atoms with Gasteiger partial charge >= 0.3 is 0 Å². The summed E-state index contributed by atoms with van der Waals surface area (Å²) in [5.41, 5.74) is 6.38. The van der Waals surface area contributed by atoms with Gasteiger partial charge in [-0.1, -0.05) is 0 Å². The van der Waals surface area contributed by atoms with Crippen molar-refractivity contribution in [3.63, 3.8) is 0 Å². The maximum atomic E-state index is 8.46. The molecule has 0 unspecified atom stereocenters. The Hall–Kier alpha value is -1.03. The molecule has 0 aliphatic rings. The van der Waals surface area contributed by atoms with Crippen LogP contribution in [0.1, 0.15) is 5.69 Å². The summed E-state index contributed by atoms with van der Waals surface area (Å²) in [4.78, 5) is 0.